The minimum Gasteiger partial charge on any atom is -0.359 e. The van der Waals surface area contributed by atoms with Crippen molar-refractivity contribution in [3.8, 4) is 0 Å². The van der Waals surface area contributed by atoms with Crippen molar-refractivity contribution in [3.05, 3.63) is 34.9 Å². The van der Waals surface area contributed by atoms with Crippen molar-refractivity contribution in [1.29, 1.82) is 0 Å². The average molecular weight is 286 g/mol. The summed E-state index contributed by atoms with van der Waals surface area (Å²) in [4.78, 5) is 37.8. The zero-order valence-electron chi connectivity index (χ0n) is 12.0. The number of fused-ring (bicyclic) bond motifs is 1. The Hall–Kier alpha value is -2.17. The van der Waals surface area contributed by atoms with E-state index in [0.717, 1.165) is 5.56 Å². The topological polar surface area (TPSA) is 66.5 Å². The van der Waals surface area contributed by atoms with Crippen molar-refractivity contribution in [1.82, 2.24) is 10.2 Å². The molecule has 0 radical (unpaired) electrons. The van der Waals surface area contributed by atoms with Crippen LogP contribution in [0.1, 0.15) is 39.1 Å². The van der Waals surface area contributed by atoms with Crippen LogP contribution in [0.15, 0.2) is 18.2 Å². The Morgan fingerprint density at radius 2 is 2.10 bits per heavy atom. The minimum absolute atomic E-state index is 0.0150. The summed E-state index contributed by atoms with van der Waals surface area (Å²) in [6, 6.07) is 5.34. The number of hydrogen-bond acceptors (Lipinski definition) is 3. The van der Waals surface area contributed by atoms with Gasteiger partial charge < -0.3 is 10.2 Å². The quantitative estimate of drug-likeness (QED) is 0.883. The zero-order chi connectivity index (χ0) is 15.0. The van der Waals surface area contributed by atoms with Gasteiger partial charge in [0.05, 0.1) is 5.92 Å². The number of carbonyl (C=O) groups is 3. The van der Waals surface area contributed by atoms with Crippen LogP contribution < -0.4 is 5.32 Å². The van der Waals surface area contributed by atoms with Crippen molar-refractivity contribution in [2.24, 2.45) is 5.92 Å². The van der Waals surface area contributed by atoms with Gasteiger partial charge in [0.2, 0.25) is 5.91 Å². The highest BCUT2D eigenvalue weighted by Crippen LogP contribution is 2.27. The number of hydrogen-bond donors (Lipinski definition) is 1. The maximum atomic E-state index is 12.7. The van der Waals surface area contributed by atoms with Crippen LogP contribution in [0.5, 0.6) is 0 Å². The molecule has 1 atom stereocenters. The molecule has 1 fully saturated rings. The summed E-state index contributed by atoms with van der Waals surface area (Å²) in [5.74, 6) is -0.0895. The molecule has 0 spiro atoms. The van der Waals surface area contributed by atoms with Crippen LogP contribution in [-0.4, -0.2) is 42.6 Å². The standard InChI is InChI=1S/C16H18N2O3/c1-17-15(20)10-7-8-18(9-10)16(21)13-4-2-3-12-11(13)5-6-14(12)19/h2-4,10H,5-9H2,1H3,(H,17,20). The van der Waals surface area contributed by atoms with Crippen molar-refractivity contribution >= 4 is 17.6 Å². The number of nitrogens with one attached hydrogen (secondary N) is 1. The second kappa shape index (κ2) is 5.31. The van der Waals surface area contributed by atoms with Gasteiger partial charge in [-0.3, -0.25) is 14.4 Å². The lowest BCUT2D eigenvalue weighted by atomic mass is 10.0. The molecule has 2 aliphatic rings. The van der Waals surface area contributed by atoms with Crippen LogP contribution in [0.4, 0.5) is 0 Å². The first kappa shape index (κ1) is 13.8. The molecule has 1 saturated heterocycles. The lowest BCUT2D eigenvalue weighted by Crippen LogP contribution is -2.33. The molecule has 1 heterocycles. The van der Waals surface area contributed by atoms with E-state index < -0.39 is 0 Å². The molecule has 1 aliphatic heterocycles. The third kappa shape index (κ3) is 2.33. The maximum Gasteiger partial charge on any atom is 0.254 e. The highest BCUT2D eigenvalue weighted by molar-refractivity contribution is 6.05. The second-order valence-electron chi connectivity index (χ2n) is 5.61. The lowest BCUT2D eigenvalue weighted by molar-refractivity contribution is -0.124. The lowest BCUT2D eigenvalue weighted by Gasteiger charge is -2.18. The van der Waals surface area contributed by atoms with Crippen LogP contribution >= 0.6 is 0 Å². The largest absolute Gasteiger partial charge is 0.359 e. The number of ketones is 1. The van der Waals surface area contributed by atoms with Gasteiger partial charge in [-0.2, -0.15) is 0 Å². The van der Waals surface area contributed by atoms with E-state index in [1.54, 1.807) is 30.1 Å². The van der Waals surface area contributed by atoms with Crippen LogP contribution in [0.3, 0.4) is 0 Å². The van der Waals surface area contributed by atoms with Gasteiger partial charge in [0, 0.05) is 37.7 Å². The normalized spacial score (nSPS) is 20.5. The fraction of sp³-hybridized carbons (Fsp3) is 0.438. The Labute approximate surface area is 123 Å². The molecular weight excluding hydrogens is 268 g/mol. The van der Waals surface area contributed by atoms with E-state index in [9.17, 15) is 14.4 Å². The summed E-state index contributed by atoms with van der Waals surface area (Å²) in [5.41, 5.74) is 2.18. The van der Waals surface area contributed by atoms with E-state index in [2.05, 4.69) is 5.32 Å². The number of likely N-dealkylation sites (tertiary alicyclic amines) is 1. The summed E-state index contributed by atoms with van der Waals surface area (Å²) in [7, 11) is 1.61. The number of Topliss-reactive ketones (excluding diaryl/α,β-unsaturated/α-hetero) is 1. The van der Waals surface area contributed by atoms with Crippen molar-refractivity contribution in [2.75, 3.05) is 20.1 Å². The molecule has 5 nitrogen and oxygen atoms in total. The first-order valence-electron chi connectivity index (χ1n) is 7.27. The average Bonchev–Trinajstić information content (AvgIpc) is 3.13. The summed E-state index contributed by atoms with van der Waals surface area (Å²) >= 11 is 0. The summed E-state index contributed by atoms with van der Waals surface area (Å²) in [6.07, 6.45) is 1.82. The third-order valence-corrected chi connectivity index (χ3v) is 4.40. The first-order valence-corrected chi connectivity index (χ1v) is 7.27. The molecule has 3 rings (SSSR count). The Morgan fingerprint density at radius 1 is 1.29 bits per heavy atom. The highest BCUT2D eigenvalue weighted by atomic mass is 16.2. The van der Waals surface area contributed by atoms with Gasteiger partial charge in [-0.25, -0.2) is 0 Å². The van der Waals surface area contributed by atoms with Gasteiger partial charge >= 0.3 is 0 Å². The van der Waals surface area contributed by atoms with Crippen LogP contribution in [-0.2, 0) is 11.2 Å². The molecule has 0 saturated carbocycles. The van der Waals surface area contributed by atoms with Gasteiger partial charge in [-0.15, -0.1) is 0 Å². The van der Waals surface area contributed by atoms with Gasteiger partial charge in [0.15, 0.2) is 5.78 Å². The second-order valence-corrected chi connectivity index (χ2v) is 5.61. The molecule has 1 aromatic rings. The van der Waals surface area contributed by atoms with Gasteiger partial charge in [-0.05, 0) is 24.5 Å². The minimum atomic E-state index is -0.127. The van der Waals surface area contributed by atoms with E-state index in [0.29, 0.717) is 43.5 Å². The van der Waals surface area contributed by atoms with Crippen molar-refractivity contribution < 1.29 is 14.4 Å². The van der Waals surface area contributed by atoms with E-state index in [4.69, 9.17) is 0 Å². The molecule has 0 aromatic heterocycles. The number of amides is 2. The Bertz CT molecular complexity index is 624. The predicted octanol–water partition coefficient (Wildman–Crippen LogP) is 1.02. The first-order chi connectivity index (χ1) is 10.1. The molecule has 21 heavy (non-hydrogen) atoms. The molecule has 5 heteroatoms. The Morgan fingerprint density at radius 3 is 2.86 bits per heavy atom. The molecule has 2 amide bonds. The zero-order valence-corrected chi connectivity index (χ0v) is 12.0. The smallest absolute Gasteiger partial charge is 0.254 e. The molecule has 1 N–H and O–H groups in total. The van der Waals surface area contributed by atoms with Gasteiger partial charge in [-0.1, -0.05) is 12.1 Å². The summed E-state index contributed by atoms with van der Waals surface area (Å²) in [5, 5.41) is 2.63. The highest BCUT2D eigenvalue weighted by Gasteiger charge is 2.33. The molecule has 0 bridgehead atoms. The van der Waals surface area contributed by atoms with E-state index >= 15 is 0 Å². The monoisotopic (exact) mass is 286 g/mol. The molecule has 1 aliphatic carbocycles. The summed E-state index contributed by atoms with van der Waals surface area (Å²) in [6.45, 7) is 1.05. The van der Waals surface area contributed by atoms with E-state index in [1.165, 1.54) is 0 Å². The van der Waals surface area contributed by atoms with Crippen LogP contribution in [0.2, 0.25) is 0 Å². The number of nitrogens with zero attached hydrogens (tertiary/aromatic N) is 1. The molecule has 1 aromatic carbocycles. The van der Waals surface area contributed by atoms with Crippen molar-refractivity contribution in [2.45, 2.75) is 19.3 Å². The Kier molecular flexibility index (Phi) is 3.49. The maximum absolute atomic E-state index is 12.7. The number of carbonyl (C=O) groups excluding carboxylic acids is 3. The van der Waals surface area contributed by atoms with Crippen LogP contribution in [0, 0.1) is 5.92 Å². The predicted molar refractivity (Wildman–Crippen MR) is 77.2 cm³/mol. The van der Waals surface area contributed by atoms with E-state index in [-0.39, 0.29) is 23.5 Å². The van der Waals surface area contributed by atoms with E-state index in [1.807, 2.05) is 0 Å². The fourth-order valence-corrected chi connectivity index (χ4v) is 3.22. The number of rotatable bonds is 2. The van der Waals surface area contributed by atoms with Gasteiger partial charge in [0.25, 0.3) is 5.91 Å². The Balaban J connectivity index is 1.82. The third-order valence-electron chi connectivity index (χ3n) is 4.40. The SMILES string of the molecule is CNC(=O)C1CCN(C(=O)c2cccc3c2CCC3=O)C1. The van der Waals surface area contributed by atoms with Crippen LogP contribution in [0.25, 0.3) is 0 Å². The molecule has 1 unspecified atom stereocenters. The molecular formula is C16H18N2O3. The van der Waals surface area contributed by atoms with Crippen molar-refractivity contribution in [3.63, 3.8) is 0 Å². The summed E-state index contributed by atoms with van der Waals surface area (Å²) < 4.78 is 0. The fourth-order valence-electron chi connectivity index (χ4n) is 3.22. The number of benzene rings is 1. The van der Waals surface area contributed by atoms with Gasteiger partial charge in [0.1, 0.15) is 0 Å². The molecule has 110 valence electrons.